The van der Waals surface area contributed by atoms with Crippen LogP contribution in [0.5, 0.6) is 0 Å². The monoisotopic (exact) mass is 390 g/mol. The normalized spacial score (nSPS) is 11.9. The summed E-state index contributed by atoms with van der Waals surface area (Å²) in [6.07, 6.45) is 0. The molecule has 0 aliphatic rings. The van der Waals surface area contributed by atoms with Gasteiger partial charge in [-0.3, -0.25) is 9.59 Å². The molecule has 0 saturated carbocycles. The van der Waals surface area contributed by atoms with E-state index < -0.39 is 0 Å². The van der Waals surface area contributed by atoms with Gasteiger partial charge in [0.25, 0.3) is 5.91 Å². The third-order valence-electron chi connectivity index (χ3n) is 4.55. The van der Waals surface area contributed by atoms with Gasteiger partial charge >= 0.3 is 5.97 Å². The van der Waals surface area contributed by atoms with Crippen molar-refractivity contribution in [3.8, 4) is 0 Å². The van der Waals surface area contributed by atoms with E-state index in [1.807, 2.05) is 61.5 Å². The van der Waals surface area contributed by atoms with Crippen molar-refractivity contribution in [3.63, 3.8) is 0 Å². The molecule has 0 spiro atoms. The lowest BCUT2D eigenvalue weighted by atomic mass is 10.1. The second-order valence-electron chi connectivity index (χ2n) is 6.50. The summed E-state index contributed by atoms with van der Waals surface area (Å²) < 4.78 is 7.50. The number of hydrogen-bond acceptors (Lipinski definition) is 4. The van der Waals surface area contributed by atoms with E-state index in [2.05, 4.69) is 4.99 Å². The maximum Gasteiger partial charge on any atom is 0.325 e. The summed E-state index contributed by atoms with van der Waals surface area (Å²) in [6.45, 7) is 2.00. The Morgan fingerprint density at radius 3 is 2.61 bits per heavy atom. The quantitative estimate of drug-likeness (QED) is 0.495. The van der Waals surface area contributed by atoms with Gasteiger partial charge < -0.3 is 9.30 Å². The SMILES string of the molecule is COC(=O)Cn1c(=NC(=O)c2ccc3ccccc3c2)sc2cc(C)ccc21. The number of carbonyl (C=O) groups is 2. The minimum absolute atomic E-state index is 0.00337. The van der Waals surface area contributed by atoms with Gasteiger partial charge in [0.05, 0.1) is 17.3 Å². The number of aryl methyl sites for hydroxylation is 1. The summed E-state index contributed by atoms with van der Waals surface area (Å²) in [5.74, 6) is -0.729. The molecule has 4 aromatic rings. The highest BCUT2D eigenvalue weighted by atomic mass is 32.1. The number of thiazole rings is 1. The fourth-order valence-corrected chi connectivity index (χ4v) is 4.21. The van der Waals surface area contributed by atoms with Gasteiger partial charge in [0.15, 0.2) is 4.80 Å². The van der Waals surface area contributed by atoms with Crippen LogP contribution >= 0.6 is 11.3 Å². The molecule has 0 saturated heterocycles. The van der Waals surface area contributed by atoms with Crippen LogP contribution in [0.3, 0.4) is 0 Å². The van der Waals surface area contributed by atoms with Gasteiger partial charge in [-0.1, -0.05) is 47.7 Å². The largest absolute Gasteiger partial charge is 0.468 e. The van der Waals surface area contributed by atoms with E-state index in [9.17, 15) is 9.59 Å². The first kappa shape index (κ1) is 18.1. The van der Waals surface area contributed by atoms with Crippen LogP contribution in [0.25, 0.3) is 21.0 Å². The summed E-state index contributed by atoms with van der Waals surface area (Å²) in [4.78, 5) is 29.5. The van der Waals surface area contributed by atoms with Crippen molar-refractivity contribution >= 4 is 44.2 Å². The highest BCUT2D eigenvalue weighted by Gasteiger charge is 2.13. The molecular weight excluding hydrogens is 372 g/mol. The first-order chi connectivity index (χ1) is 13.5. The molecule has 3 aromatic carbocycles. The molecule has 0 fully saturated rings. The predicted octanol–water partition coefficient (Wildman–Crippen LogP) is 4.08. The van der Waals surface area contributed by atoms with Crippen molar-refractivity contribution in [1.29, 1.82) is 0 Å². The molecule has 1 heterocycles. The Hall–Kier alpha value is -3.25. The summed E-state index contributed by atoms with van der Waals surface area (Å²) in [7, 11) is 1.35. The molecule has 1 amide bonds. The third-order valence-corrected chi connectivity index (χ3v) is 5.59. The zero-order valence-electron chi connectivity index (χ0n) is 15.5. The van der Waals surface area contributed by atoms with Crippen LogP contribution in [0.2, 0.25) is 0 Å². The number of amides is 1. The highest BCUT2D eigenvalue weighted by molar-refractivity contribution is 7.16. The molecule has 4 rings (SSSR count). The Labute approximate surface area is 165 Å². The van der Waals surface area contributed by atoms with Crippen molar-refractivity contribution in [2.75, 3.05) is 7.11 Å². The van der Waals surface area contributed by atoms with E-state index in [1.54, 1.807) is 10.6 Å². The lowest BCUT2D eigenvalue weighted by Crippen LogP contribution is -2.22. The zero-order chi connectivity index (χ0) is 19.7. The number of nitrogens with zero attached hydrogens (tertiary/aromatic N) is 2. The second kappa shape index (κ2) is 7.40. The molecule has 0 aliphatic heterocycles. The van der Waals surface area contributed by atoms with E-state index in [1.165, 1.54) is 18.4 Å². The molecule has 0 aliphatic carbocycles. The molecular formula is C22H18N2O3S. The number of hydrogen-bond donors (Lipinski definition) is 0. The Morgan fingerprint density at radius 1 is 1.04 bits per heavy atom. The average molecular weight is 390 g/mol. The first-order valence-electron chi connectivity index (χ1n) is 8.80. The first-order valence-corrected chi connectivity index (χ1v) is 9.61. The topological polar surface area (TPSA) is 60.7 Å². The van der Waals surface area contributed by atoms with E-state index in [0.29, 0.717) is 10.4 Å². The van der Waals surface area contributed by atoms with Crippen molar-refractivity contribution in [2.24, 2.45) is 4.99 Å². The molecule has 0 bridgehead atoms. The number of fused-ring (bicyclic) bond motifs is 2. The molecule has 140 valence electrons. The number of rotatable bonds is 3. The van der Waals surface area contributed by atoms with Gasteiger partial charge in [0.2, 0.25) is 0 Å². The average Bonchev–Trinajstić information content (AvgIpc) is 3.03. The van der Waals surface area contributed by atoms with Crippen LogP contribution in [-0.4, -0.2) is 23.6 Å². The zero-order valence-corrected chi connectivity index (χ0v) is 16.3. The Morgan fingerprint density at radius 2 is 1.82 bits per heavy atom. The number of esters is 1. The fraction of sp³-hybridized carbons (Fsp3) is 0.136. The van der Waals surface area contributed by atoms with Crippen LogP contribution in [0.4, 0.5) is 0 Å². The maximum absolute atomic E-state index is 12.8. The van der Waals surface area contributed by atoms with Crippen LogP contribution in [-0.2, 0) is 16.1 Å². The lowest BCUT2D eigenvalue weighted by molar-refractivity contribution is -0.141. The highest BCUT2D eigenvalue weighted by Crippen LogP contribution is 2.20. The molecule has 1 aromatic heterocycles. The van der Waals surface area contributed by atoms with Crippen molar-refractivity contribution in [3.05, 3.63) is 76.6 Å². The van der Waals surface area contributed by atoms with Gasteiger partial charge in [-0.05, 0) is 47.5 Å². The number of benzene rings is 3. The number of methoxy groups -OCH3 is 1. The van der Waals surface area contributed by atoms with E-state index in [-0.39, 0.29) is 18.4 Å². The van der Waals surface area contributed by atoms with Crippen LogP contribution in [0.1, 0.15) is 15.9 Å². The number of aromatic nitrogens is 1. The van der Waals surface area contributed by atoms with E-state index >= 15 is 0 Å². The van der Waals surface area contributed by atoms with Crippen molar-refractivity contribution < 1.29 is 14.3 Å². The minimum atomic E-state index is -0.389. The Balaban J connectivity index is 1.83. The summed E-state index contributed by atoms with van der Waals surface area (Å²) >= 11 is 1.38. The van der Waals surface area contributed by atoms with Crippen molar-refractivity contribution in [2.45, 2.75) is 13.5 Å². The maximum atomic E-state index is 12.8. The minimum Gasteiger partial charge on any atom is -0.468 e. The molecule has 6 heteroatoms. The number of ether oxygens (including phenoxy) is 1. The smallest absolute Gasteiger partial charge is 0.325 e. The summed E-state index contributed by atoms with van der Waals surface area (Å²) in [5, 5.41) is 2.05. The van der Waals surface area contributed by atoms with Gasteiger partial charge in [-0.2, -0.15) is 4.99 Å². The Kier molecular flexibility index (Phi) is 4.79. The standard InChI is InChI=1S/C22H18N2O3S/c1-14-7-10-18-19(11-14)28-22(24(18)13-20(25)27-2)23-21(26)17-9-8-15-5-3-4-6-16(15)12-17/h3-12H,13H2,1-2H3. The van der Waals surface area contributed by atoms with Crippen LogP contribution < -0.4 is 4.80 Å². The predicted molar refractivity (Wildman–Crippen MR) is 110 cm³/mol. The third kappa shape index (κ3) is 3.46. The molecule has 28 heavy (non-hydrogen) atoms. The summed E-state index contributed by atoms with van der Waals surface area (Å²) in [6, 6.07) is 19.3. The van der Waals surface area contributed by atoms with Gasteiger partial charge in [0.1, 0.15) is 6.54 Å². The summed E-state index contributed by atoms with van der Waals surface area (Å²) in [5.41, 5.74) is 2.47. The molecule has 0 N–H and O–H groups in total. The molecule has 0 atom stereocenters. The molecule has 5 nitrogen and oxygen atoms in total. The molecule has 0 unspecified atom stereocenters. The van der Waals surface area contributed by atoms with Crippen molar-refractivity contribution in [1.82, 2.24) is 4.57 Å². The van der Waals surface area contributed by atoms with Crippen LogP contribution in [0, 0.1) is 6.92 Å². The van der Waals surface area contributed by atoms with E-state index in [0.717, 1.165) is 26.6 Å². The van der Waals surface area contributed by atoms with Gasteiger partial charge in [-0.25, -0.2) is 0 Å². The van der Waals surface area contributed by atoms with E-state index in [4.69, 9.17) is 4.74 Å². The lowest BCUT2D eigenvalue weighted by Gasteiger charge is -2.04. The van der Waals surface area contributed by atoms with Crippen LogP contribution in [0.15, 0.2) is 65.7 Å². The Bertz CT molecular complexity index is 1280. The second-order valence-corrected chi connectivity index (χ2v) is 7.51. The number of carbonyl (C=O) groups excluding carboxylic acids is 2. The van der Waals surface area contributed by atoms with Gasteiger partial charge in [-0.15, -0.1) is 0 Å². The molecule has 0 radical (unpaired) electrons. The van der Waals surface area contributed by atoms with Gasteiger partial charge in [0, 0.05) is 5.56 Å². The fourth-order valence-electron chi connectivity index (χ4n) is 3.09.